The Morgan fingerprint density at radius 3 is 1.28 bits per heavy atom. The van der Waals surface area contributed by atoms with E-state index in [4.69, 9.17) is 19.4 Å². The van der Waals surface area contributed by atoms with E-state index in [1.807, 2.05) is 24.5 Å². The Hall–Kier alpha value is -7.96. The second kappa shape index (κ2) is 16.7. The minimum atomic E-state index is 0.717. The van der Waals surface area contributed by atoms with Gasteiger partial charge in [-0.2, -0.15) is 0 Å². The highest BCUT2D eigenvalue weighted by atomic mass is 16.5. The molecule has 0 aliphatic carbocycles. The zero-order valence-electron chi connectivity index (χ0n) is 36.9. The lowest BCUT2D eigenvalue weighted by molar-refractivity contribution is 0.415. The molecule has 0 aliphatic rings. The van der Waals surface area contributed by atoms with Gasteiger partial charge in [0.15, 0.2) is 0 Å². The van der Waals surface area contributed by atoms with Crippen LogP contribution in [0.2, 0.25) is 0 Å². The van der Waals surface area contributed by atoms with Crippen LogP contribution in [0, 0.1) is 27.7 Å². The predicted molar refractivity (Wildman–Crippen MR) is 265 cm³/mol. The number of methoxy groups -OCH3 is 2. The average Bonchev–Trinajstić information content (AvgIpc) is 3.67. The first-order valence-corrected chi connectivity index (χ1v) is 21.6. The van der Waals surface area contributed by atoms with Gasteiger partial charge in [-0.15, -0.1) is 0 Å². The Morgan fingerprint density at radius 2 is 0.844 bits per heavy atom. The van der Waals surface area contributed by atoms with Gasteiger partial charge >= 0.3 is 0 Å². The summed E-state index contributed by atoms with van der Waals surface area (Å²) in [6.07, 6.45) is 3.92. The van der Waals surface area contributed by atoms with Crippen LogP contribution < -0.4 is 14.4 Å². The van der Waals surface area contributed by atoms with Crippen molar-refractivity contribution in [3.63, 3.8) is 0 Å². The van der Waals surface area contributed by atoms with Gasteiger partial charge in [-0.1, -0.05) is 97.1 Å². The normalized spacial score (nSPS) is 11.3. The molecule has 312 valence electrons. The number of anilines is 3. The zero-order valence-corrected chi connectivity index (χ0v) is 36.9. The van der Waals surface area contributed by atoms with Crippen LogP contribution in [0.3, 0.4) is 0 Å². The van der Waals surface area contributed by atoms with Crippen LogP contribution in [0.25, 0.3) is 72.3 Å². The Morgan fingerprint density at radius 1 is 0.422 bits per heavy atom. The largest absolute Gasteiger partial charge is 0.497 e. The molecular weight excluding hydrogens is 785 g/mol. The molecular formula is C58H48N4O2. The maximum absolute atomic E-state index is 6.10. The molecule has 0 fully saturated rings. The third-order valence-corrected chi connectivity index (χ3v) is 12.3. The van der Waals surface area contributed by atoms with Gasteiger partial charge in [0.1, 0.15) is 11.5 Å². The van der Waals surface area contributed by atoms with Crippen molar-refractivity contribution in [2.75, 3.05) is 19.1 Å². The van der Waals surface area contributed by atoms with Crippen LogP contribution in [-0.2, 0) is 0 Å². The molecule has 0 unspecified atom stereocenters. The van der Waals surface area contributed by atoms with Crippen LogP contribution in [0.15, 0.2) is 182 Å². The van der Waals surface area contributed by atoms with Crippen molar-refractivity contribution in [3.8, 4) is 62.0 Å². The van der Waals surface area contributed by atoms with Crippen LogP contribution >= 0.6 is 0 Å². The van der Waals surface area contributed by atoms with E-state index in [9.17, 15) is 0 Å². The minimum absolute atomic E-state index is 0.717. The Kier molecular flexibility index (Phi) is 10.5. The fourth-order valence-electron chi connectivity index (χ4n) is 9.20. The maximum atomic E-state index is 6.10. The molecule has 0 bridgehead atoms. The number of aryl methyl sites for hydroxylation is 4. The number of ether oxygens (including phenoxy) is 2. The number of hydrogen-bond acceptors (Lipinski definition) is 5. The monoisotopic (exact) mass is 832 g/mol. The van der Waals surface area contributed by atoms with Crippen molar-refractivity contribution in [2.45, 2.75) is 27.7 Å². The summed E-state index contributed by atoms with van der Waals surface area (Å²) in [5.74, 6) is 1.43. The molecule has 0 aliphatic heterocycles. The van der Waals surface area contributed by atoms with E-state index in [1.165, 1.54) is 21.8 Å². The van der Waals surface area contributed by atoms with Crippen LogP contribution in [-0.4, -0.2) is 28.8 Å². The summed E-state index contributed by atoms with van der Waals surface area (Å²) in [6.45, 7) is 8.63. The SMILES string of the molecule is COc1cc(-c2cc(-c3ccccc3)c(C)cn2)cc(N(c2cc(OC)cc(-c3cc(-c4ccccc4)c(C)cn3)c2)c2c(C)cc(-n3c4ccccc4c4ccccc43)cc2C)c1. The van der Waals surface area contributed by atoms with Gasteiger partial charge in [-0.25, -0.2) is 0 Å². The molecule has 0 amide bonds. The Labute approximate surface area is 374 Å². The molecule has 10 rings (SSSR count). The van der Waals surface area contributed by atoms with Crippen molar-refractivity contribution >= 4 is 38.9 Å². The molecule has 6 nitrogen and oxygen atoms in total. The van der Waals surface area contributed by atoms with E-state index in [0.29, 0.717) is 11.5 Å². The second-order valence-electron chi connectivity index (χ2n) is 16.5. The van der Waals surface area contributed by atoms with E-state index in [1.54, 1.807) is 14.2 Å². The summed E-state index contributed by atoms with van der Waals surface area (Å²) in [4.78, 5) is 12.3. The van der Waals surface area contributed by atoms with Crippen LogP contribution in [0.5, 0.6) is 11.5 Å². The summed E-state index contributed by atoms with van der Waals surface area (Å²) in [6, 6.07) is 60.0. The average molecular weight is 833 g/mol. The molecule has 0 spiro atoms. The first-order valence-electron chi connectivity index (χ1n) is 21.6. The standard InChI is InChI=1S/C58H48N4O2/c1-37-25-45(62-56-23-15-13-21-50(56)51-22-14-16-24-57(51)62)26-38(2)58(37)61(46-27-43(29-48(31-46)63-5)54-33-52(39(3)35-59-54)41-17-9-7-10-18-41)47-28-44(30-49(32-47)64-6)55-34-53(40(4)36-60-55)42-19-11-8-12-20-42/h7-36H,1-6H3. The predicted octanol–water partition coefficient (Wildman–Crippen LogP) is 15.0. The summed E-state index contributed by atoms with van der Waals surface area (Å²) in [7, 11) is 3.44. The number of hydrogen-bond donors (Lipinski definition) is 0. The summed E-state index contributed by atoms with van der Waals surface area (Å²) >= 11 is 0. The fraction of sp³-hybridized carbons (Fsp3) is 0.103. The van der Waals surface area contributed by atoms with Gasteiger partial charge in [-0.3, -0.25) is 9.97 Å². The number of fused-ring (bicyclic) bond motifs is 3. The molecule has 3 aromatic heterocycles. The Balaban J connectivity index is 1.20. The lowest BCUT2D eigenvalue weighted by atomic mass is 9.98. The van der Waals surface area contributed by atoms with E-state index in [0.717, 1.165) is 89.8 Å². The second-order valence-corrected chi connectivity index (χ2v) is 16.5. The third kappa shape index (κ3) is 7.33. The van der Waals surface area contributed by atoms with Gasteiger partial charge < -0.3 is 18.9 Å². The number of benzene rings is 7. The highest BCUT2D eigenvalue weighted by molar-refractivity contribution is 6.09. The topological polar surface area (TPSA) is 52.4 Å². The van der Waals surface area contributed by atoms with E-state index in [-0.39, 0.29) is 0 Å². The number of aromatic nitrogens is 3. The molecule has 10 aromatic rings. The van der Waals surface area contributed by atoms with Crippen molar-refractivity contribution in [1.29, 1.82) is 0 Å². The molecule has 3 heterocycles. The summed E-state index contributed by atoms with van der Waals surface area (Å²) in [5, 5.41) is 2.46. The quantitative estimate of drug-likeness (QED) is 0.137. The molecule has 0 saturated heterocycles. The van der Waals surface area contributed by atoms with Gasteiger partial charge in [0.25, 0.3) is 0 Å². The summed E-state index contributed by atoms with van der Waals surface area (Å²) in [5.41, 5.74) is 18.9. The molecule has 64 heavy (non-hydrogen) atoms. The number of rotatable bonds is 10. The molecule has 0 saturated carbocycles. The summed E-state index contributed by atoms with van der Waals surface area (Å²) < 4.78 is 14.6. The van der Waals surface area contributed by atoms with Gasteiger partial charge in [0.2, 0.25) is 0 Å². The number of para-hydroxylation sites is 2. The van der Waals surface area contributed by atoms with Crippen molar-refractivity contribution in [3.05, 3.63) is 205 Å². The van der Waals surface area contributed by atoms with Gasteiger partial charge in [-0.05, 0) is 133 Å². The first-order chi connectivity index (χ1) is 31.3. The number of nitrogens with zero attached hydrogens (tertiary/aromatic N) is 4. The molecule has 0 atom stereocenters. The van der Waals surface area contributed by atoms with Crippen LogP contribution in [0.4, 0.5) is 17.1 Å². The Bertz CT molecular complexity index is 3140. The lowest BCUT2D eigenvalue weighted by Gasteiger charge is -2.31. The molecule has 7 aromatic carbocycles. The van der Waals surface area contributed by atoms with Crippen LogP contribution in [0.1, 0.15) is 22.3 Å². The smallest absolute Gasteiger partial charge is 0.121 e. The first kappa shape index (κ1) is 40.1. The lowest BCUT2D eigenvalue weighted by Crippen LogP contribution is -2.14. The minimum Gasteiger partial charge on any atom is -0.497 e. The zero-order chi connectivity index (χ0) is 43.9. The fourth-order valence-corrected chi connectivity index (χ4v) is 9.20. The maximum Gasteiger partial charge on any atom is 0.121 e. The molecule has 0 radical (unpaired) electrons. The van der Waals surface area contributed by atoms with Gasteiger partial charge in [0, 0.05) is 52.1 Å². The third-order valence-electron chi connectivity index (χ3n) is 12.3. The number of pyridine rings is 2. The van der Waals surface area contributed by atoms with E-state index < -0.39 is 0 Å². The van der Waals surface area contributed by atoms with E-state index >= 15 is 0 Å². The molecule has 6 heteroatoms. The highest BCUT2D eigenvalue weighted by Crippen LogP contribution is 2.46. The molecule has 0 N–H and O–H groups in total. The van der Waals surface area contributed by atoms with E-state index in [2.05, 4.69) is 195 Å². The highest BCUT2D eigenvalue weighted by Gasteiger charge is 2.23. The van der Waals surface area contributed by atoms with Crippen molar-refractivity contribution in [2.24, 2.45) is 0 Å². The van der Waals surface area contributed by atoms with Crippen molar-refractivity contribution in [1.82, 2.24) is 14.5 Å². The van der Waals surface area contributed by atoms with Crippen molar-refractivity contribution < 1.29 is 9.47 Å². The van der Waals surface area contributed by atoms with Gasteiger partial charge in [0.05, 0.1) is 53.7 Å².